The van der Waals surface area contributed by atoms with Crippen LogP contribution in [0.3, 0.4) is 0 Å². The average molecular weight is 447 g/mol. The molecule has 0 N–H and O–H groups in total. The Morgan fingerprint density at radius 2 is 1.06 bits per heavy atom. The number of amides is 2. The van der Waals surface area contributed by atoms with Crippen LogP contribution in [0.15, 0.2) is 36.1 Å². The van der Waals surface area contributed by atoms with Crippen molar-refractivity contribution in [1.82, 2.24) is 0 Å². The van der Waals surface area contributed by atoms with E-state index in [1.807, 2.05) is 54.5 Å². The zero-order valence-corrected chi connectivity index (χ0v) is 21.2. The lowest BCUT2D eigenvalue weighted by Crippen LogP contribution is -2.75. The molecule has 5 heteroatoms. The molecule has 2 amide bonds. The van der Waals surface area contributed by atoms with Gasteiger partial charge in [0.2, 0.25) is 11.8 Å². The molecule has 33 heavy (non-hydrogen) atoms. The number of allylic oxidation sites excluding steroid dienone is 1. The van der Waals surface area contributed by atoms with Crippen LogP contribution in [0.1, 0.15) is 60.6 Å². The molecule has 1 fully saturated rings. The highest BCUT2D eigenvalue weighted by molar-refractivity contribution is 6.21. The molecular formula is C28H34N2O3. The van der Waals surface area contributed by atoms with E-state index in [4.69, 9.17) is 4.74 Å². The van der Waals surface area contributed by atoms with Crippen molar-refractivity contribution < 1.29 is 14.3 Å². The Hall–Kier alpha value is -3.08. The van der Waals surface area contributed by atoms with Crippen molar-refractivity contribution in [3.8, 4) is 0 Å². The molecule has 2 heterocycles. The monoisotopic (exact) mass is 446 g/mol. The Labute approximate surface area is 197 Å². The maximum atomic E-state index is 14.1. The number of anilines is 2. The molecule has 1 spiro atoms. The maximum absolute atomic E-state index is 14.1. The highest BCUT2D eigenvalue weighted by Crippen LogP contribution is 2.50. The van der Waals surface area contributed by atoms with Gasteiger partial charge in [-0.25, -0.2) is 0 Å². The summed E-state index contributed by atoms with van der Waals surface area (Å²) in [5.41, 5.74) is 6.55. The molecule has 0 aromatic heterocycles. The van der Waals surface area contributed by atoms with Crippen LogP contribution in [-0.2, 0) is 14.3 Å². The molecule has 2 aliphatic rings. The lowest BCUT2D eigenvalue weighted by Gasteiger charge is -2.55. The van der Waals surface area contributed by atoms with E-state index >= 15 is 0 Å². The van der Waals surface area contributed by atoms with Gasteiger partial charge in [-0.1, -0.05) is 35.4 Å². The van der Waals surface area contributed by atoms with Crippen molar-refractivity contribution in [2.75, 3.05) is 9.80 Å². The number of nitrogens with zero attached hydrogens (tertiary/aromatic N) is 2. The Balaban J connectivity index is 2.08. The zero-order chi connectivity index (χ0) is 24.5. The summed E-state index contributed by atoms with van der Waals surface area (Å²) in [6.07, 6.45) is 2.36. The smallest absolute Gasteiger partial charge is 0.280 e. The number of ether oxygens (including phenoxy) is 1. The minimum Gasteiger partial charge on any atom is -0.453 e. The lowest BCUT2D eigenvalue weighted by atomic mass is 9.83. The summed E-state index contributed by atoms with van der Waals surface area (Å²) < 4.78 is 6.51. The van der Waals surface area contributed by atoms with Gasteiger partial charge < -0.3 is 4.74 Å². The summed E-state index contributed by atoms with van der Waals surface area (Å²) >= 11 is 0. The fraction of sp³-hybridized carbons (Fsp3) is 0.429. The van der Waals surface area contributed by atoms with Crippen LogP contribution in [0.5, 0.6) is 0 Å². The molecule has 0 unspecified atom stereocenters. The highest BCUT2D eigenvalue weighted by Gasteiger charge is 2.63. The second-order valence-electron chi connectivity index (χ2n) is 10.3. The Morgan fingerprint density at radius 3 is 1.36 bits per heavy atom. The Kier molecular flexibility index (Phi) is 5.23. The summed E-state index contributed by atoms with van der Waals surface area (Å²) in [5, 5.41) is 0. The lowest BCUT2D eigenvalue weighted by molar-refractivity contribution is -0.150. The van der Waals surface area contributed by atoms with Crippen molar-refractivity contribution in [3.05, 3.63) is 69.5 Å². The Bertz CT molecular complexity index is 1100. The molecule has 0 radical (unpaired) electrons. The predicted octanol–water partition coefficient (Wildman–Crippen LogP) is 5.92. The summed E-state index contributed by atoms with van der Waals surface area (Å²) in [6.45, 7) is 17.5. The standard InChI is InChI=1S/C28H34N2O3/c1-16-12-18(3)23(19(4)13-16)29-25(31)27(8,9)26(32)30(28(29)11-10-22(7)33-28)24-20(5)14-17(2)15-21(24)6/h10,12-15H,11H2,1-9H3. The van der Waals surface area contributed by atoms with Gasteiger partial charge in [-0.3, -0.25) is 19.4 Å². The van der Waals surface area contributed by atoms with Gasteiger partial charge in [0, 0.05) is 0 Å². The molecule has 0 aliphatic carbocycles. The molecule has 0 saturated carbocycles. The van der Waals surface area contributed by atoms with Gasteiger partial charge in [-0.2, -0.15) is 0 Å². The number of carbonyl (C=O) groups excluding carboxylic acids is 2. The SMILES string of the molecule is CC1=CCC2(O1)N(c1c(C)cc(C)cc1C)C(=O)C(C)(C)C(=O)N2c1c(C)cc(C)cc1C. The fourth-order valence-corrected chi connectivity index (χ4v) is 5.56. The minimum absolute atomic E-state index is 0.246. The predicted molar refractivity (Wildman–Crippen MR) is 132 cm³/mol. The van der Waals surface area contributed by atoms with Crippen LogP contribution in [0, 0.1) is 47.0 Å². The third-order valence-corrected chi connectivity index (χ3v) is 6.87. The molecule has 2 aliphatic heterocycles. The van der Waals surface area contributed by atoms with Crippen LogP contribution < -0.4 is 9.80 Å². The average Bonchev–Trinajstić information content (AvgIpc) is 3.07. The fourth-order valence-electron chi connectivity index (χ4n) is 5.56. The first kappa shape index (κ1) is 23.1. The van der Waals surface area contributed by atoms with Gasteiger partial charge in [0.05, 0.1) is 23.6 Å². The first-order chi connectivity index (χ1) is 15.3. The third-order valence-electron chi connectivity index (χ3n) is 6.87. The number of hydrogen-bond acceptors (Lipinski definition) is 3. The molecule has 0 bridgehead atoms. The highest BCUT2D eigenvalue weighted by atomic mass is 16.5. The first-order valence-corrected chi connectivity index (χ1v) is 11.5. The van der Waals surface area contributed by atoms with E-state index in [2.05, 4.69) is 24.3 Å². The topological polar surface area (TPSA) is 49.9 Å². The van der Waals surface area contributed by atoms with E-state index in [0.29, 0.717) is 12.2 Å². The van der Waals surface area contributed by atoms with Gasteiger partial charge in [-0.15, -0.1) is 0 Å². The van der Waals surface area contributed by atoms with E-state index in [9.17, 15) is 9.59 Å². The van der Waals surface area contributed by atoms with Crippen LogP contribution in [0.25, 0.3) is 0 Å². The van der Waals surface area contributed by atoms with Gasteiger partial charge in [0.25, 0.3) is 5.85 Å². The van der Waals surface area contributed by atoms with Crippen LogP contribution in [-0.4, -0.2) is 17.7 Å². The van der Waals surface area contributed by atoms with E-state index in [-0.39, 0.29) is 11.8 Å². The molecule has 5 nitrogen and oxygen atoms in total. The maximum Gasteiger partial charge on any atom is 0.280 e. The summed E-state index contributed by atoms with van der Waals surface area (Å²) in [4.78, 5) is 31.7. The van der Waals surface area contributed by atoms with Gasteiger partial charge in [-0.05, 0) is 90.6 Å². The summed E-state index contributed by atoms with van der Waals surface area (Å²) in [7, 11) is 0. The molecule has 2 aromatic carbocycles. The minimum atomic E-state index is -1.29. The first-order valence-electron chi connectivity index (χ1n) is 11.5. The van der Waals surface area contributed by atoms with E-state index in [0.717, 1.165) is 44.8 Å². The van der Waals surface area contributed by atoms with Crippen molar-refractivity contribution in [1.29, 1.82) is 0 Å². The van der Waals surface area contributed by atoms with Crippen LogP contribution in [0.2, 0.25) is 0 Å². The second-order valence-corrected chi connectivity index (χ2v) is 10.3. The molecule has 2 aromatic rings. The van der Waals surface area contributed by atoms with Crippen molar-refractivity contribution >= 4 is 23.2 Å². The molecule has 4 rings (SSSR count). The Morgan fingerprint density at radius 1 is 0.697 bits per heavy atom. The number of carbonyl (C=O) groups is 2. The van der Waals surface area contributed by atoms with Gasteiger partial charge >= 0.3 is 0 Å². The quantitative estimate of drug-likeness (QED) is 0.538. The summed E-state index contributed by atoms with van der Waals surface area (Å²) in [6, 6.07) is 8.31. The summed E-state index contributed by atoms with van der Waals surface area (Å²) in [5.74, 6) is -1.08. The molecule has 1 saturated heterocycles. The number of hydrogen-bond donors (Lipinski definition) is 0. The van der Waals surface area contributed by atoms with Crippen molar-refractivity contribution in [2.45, 2.75) is 74.6 Å². The third kappa shape index (κ3) is 3.28. The van der Waals surface area contributed by atoms with Crippen molar-refractivity contribution in [2.24, 2.45) is 5.41 Å². The van der Waals surface area contributed by atoms with Crippen LogP contribution in [0.4, 0.5) is 11.4 Å². The number of aryl methyl sites for hydroxylation is 6. The van der Waals surface area contributed by atoms with E-state index < -0.39 is 11.3 Å². The van der Waals surface area contributed by atoms with E-state index in [1.165, 1.54) is 0 Å². The molecule has 0 atom stereocenters. The zero-order valence-electron chi connectivity index (χ0n) is 21.2. The van der Waals surface area contributed by atoms with Gasteiger partial charge in [0.1, 0.15) is 5.41 Å². The molecule has 174 valence electrons. The second kappa shape index (κ2) is 7.47. The van der Waals surface area contributed by atoms with E-state index in [1.54, 1.807) is 23.6 Å². The largest absolute Gasteiger partial charge is 0.453 e. The van der Waals surface area contributed by atoms with Gasteiger partial charge in [0.15, 0.2) is 0 Å². The van der Waals surface area contributed by atoms with Crippen molar-refractivity contribution in [3.63, 3.8) is 0 Å². The molecular weight excluding hydrogens is 412 g/mol. The number of rotatable bonds is 2. The normalized spacial score (nSPS) is 19.2. The van der Waals surface area contributed by atoms with Crippen LogP contribution >= 0.6 is 0 Å². The number of benzene rings is 2.